The number of nitrogens with one attached hydrogen (secondary N) is 1. The van der Waals surface area contributed by atoms with Crippen molar-refractivity contribution in [1.82, 2.24) is 10.2 Å². The first-order chi connectivity index (χ1) is 16.8. The highest BCUT2D eigenvalue weighted by molar-refractivity contribution is 5.95. The summed E-state index contributed by atoms with van der Waals surface area (Å²) in [6, 6.07) is 16.0. The molecule has 3 aliphatic rings. The van der Waals surface area contributed by atoms with E-state index in [0.29, 0.717) is 25.7 Å². The fraction of sp³-hybridized carbons (Fsp3) is 0.444. The van der Waals surface area contributed by atoms with Crippen LogP contribution in [0, 0.1) is 0 Å². The topological polar surface area (TPSA) is 105 Å². The van der Waals surface area contributed by atoms with E-state index in [4.69, 9.17) is 9.47 Å². The number of amides is 2. The Labute approximate surface area is 204 Å². The first-order valence-electron chi connectivity index (χ1n) is 12.0. The molecule has 8 nitrogen and oxygen atoms in total. The Bertz CT molecular complexity index is 1130. The van der Waals surface area contributed by atoms with E-state index in [1.54, 1.807) is 6.92 Å². The summed E-state index contributed by atoms with van der Waals surface area (Å²) >= 11 is 0. The summed E-state index contributed by atoms with van der Waals surface area (Å²) in [6.07, 6.45) is 1.40. The zero-order valence-electron chi connectivity index (χ0n) is 20.0. The fourth-order valence-corrected chi connectivity index (χ4v) is 6.17. The second kappa shape index (κ2) is 8.68. The number of aliphatic carboxylic acids is 1. The first kappa shape index (κ1) is 23.4. The average molecular weight is 479 g/mol. The van der Waals surface area contributed by atoms with Crippen molar-refractivity contribution in [3.63, 3.8) is 0 Å². The lowest BCUT2D eigenvalue weighted by atomic mass is 9.87. The second-order valence-electron chi connectivity index (χ2n) is 9.96. The van der Waals surface area contributed by atoms with Gasteiger partial charge < -0.3 is 24.8 Å². The number of carboxylic acids is 1. The zero-order valence-corrected chi connectivity index (χ0v) is 20.0. The monoisotopic (exact) mass is 478 g/mol. The van der Waals surface area contributed by atoms with Crippen molar-refractivity contribution in [2.45, 2.75) is 55.6 Å². The van der Waals surface area contributed by atoms with Gasteiger partial charge in [-0.3, -0.25) is 4.79 Å². The van der Waals surface area contributed by atoms with Gasteiger partial charge in [0, 0.05) is 19.1 Å². The van der Waals surface area contributed by atoms with Gasteiger partial charge in [-0.2, -0.15) is 0 Å². The van der Waals surface area contributed by atoms with Gasteiger partial charge >= 0.3 is 12.1 Å². The summed E-state index contributed by atoms with van der Waals surface area (Å²) in [5, 5.41) is 12.6. The van der Waals surface area contributed by atoms with E-state index < -0.39 is 29.0 Å². The molecule has 2 aromatic carbocycles. The lowest BCUT2D eigenvalue weighted by molar-refractivity contribution is -0.158. The summed E-state index contributed by atoms with van der Waals surface area (Å²) in [7, 11) is 1.44. The number of hydrogen-bond donors (Lipinski definition) is 2. The Balaban J connectivity index is 1.32. The van der Waals surface area contributed by atoms with E-state index in [0.717, 1.165) is 22.3 Å². The van der Waals surface area contributed by atoms with E-state index >= 15 is 0 Å². The Morgan fingerprint density at radius 2 is 1.63 bits per heavy atom. The van der Waals surface area contributed by atoms with Crippen molar-refractivity contribution in [3.8, 4) is 11.1 Å². The van der Waals surface area contributed by atoms with Gasteiger partial charge in [0.15, 0.2) is 0 Å². The number of ether oxygens (including phenoxy) is 2. The number of fused-ring (bicyclic) bond motifs is 5. The molecule has 2 fully saturated rings. The molecular formula is C27H30N2O6. The van der Waals surface area contributed by atoms with Crippen LogP contribution >= 0.6 is 0 Å². The maximum absolute atomic E-state index is 13.7. The van der Waals surface area contributed by atoms with Gasteiger partial charge in [0.2, 0.25) is 0 Å². The zero-order chi connectivity index (χ0) is 24.8. The number of methoxy groups -OCH3 is 1. The molecule has 0 spiro atoms. The van der Waals surface area contributed by atoms with Crippen LogP contribution in [0.1, 0.15) is 49.7 Å². The molecule has 35 heavy (non-hydrogen) atoms. The van der Waals surface area contributed by atoms with Gasteiger partial charge in [0.05, 0.1) is 6.61 Å². The van der Waals surface area contributed by atoms with Crippen molar-refractivity contribution < 1.29 is 29.0 Å². The predicted molar refractivity (Wildman–Crippen MR) is 128 cm³/mol. The summed E-state index contributed by atoms with van der Waals surface area (Å²) < 4.78 is 10.9. The number of alkyl carbamates (subject to hydrolysis) is 1. The van der Waals surface area contributed by atoms with Gasteiger partial charge in [-0.1, -0.05) is 48.5 Å². The molecule has 0 aromatic heterocycles. The highest BCUT2D eigenvalue weighted by atomic mass is 16.5. The van der Waals surface area contributed by atoms with Gasteiger partial charge in [-0.15, -0.1) is 0 Å². The molecule has 2 amide bonds. The highest BCUT2D eigenvalue weighted by Crippen LogP contribution is 2.48. The molecule has 5 rings (SSSR count). The summed E-state index contributed by atoms with van der Waals surface area (Å²) in [5.41, 5.74) is 1.77. The third kappa shape index (κ3) is 3.67. The molecule has 1 unspecified atom stereocenters. The third-order valence-electron chi connectivity index (χ3n) is 7.85. The molecule has 2 aliphatic heterocycles. The summed E-state index contributed by atoms with van der Waals surface area (Å²) in [4.78, 5) is 40.2. The van der Waals surface area contributed by atoms with Gasteiger partial charge in [0.25, 0.3) is 5.91 Å². The van der Waals surface area contributed by atoms with Gasteiger partial charge in [-0.05, 0) is 54.9 Å². The molecular weight excluding hydrogens is 448 g/mol. The average Bonchev–Trinajstić information content (AvgIpc) is 3.51. The molecule has 2 heterocycles. The summed E-state index contributed by atoms with van der Waals surface area (Å²) in [6.45, 7) is 1.57. The van der Waals surface area contributed by atoms with Crippen LogP contribution in [0.3, 0.4) is 0 Å². The number of nitrogens with zero attached hydrogens (tertiary/aromatic N) is 1. The van der Waals surface area contributed by atoms with Crippen LogP contribution in [-0.4, -0.2) is 65.4 Å². The molecule has 2 N–H and O–H groups in total. The number of carboxylic acid groups (broad SMARTS) is 1. The minimum atomic E-state index is -1.45. The number of rotatable bonds is 7. The van der Waals surface area contributed by atoms with Gasteiger partial charge in [0.1, 0.15) is 17.7 Å². The molecule has 184 valence electrons. The number of benzene rings is 2. The molecule has 2 aromatic rings. The van der Waals surface area contributed by atoms with Crippen LogP contribution in [0.15, 0.2) is 48.5 Å². The highest BCUT2D eigenvalue weighted by Gasteiger charge is 2.61. The lowest BCUT2D eigenvalue weighted by Gasteiger charge is -2.38. The molecule has 8 heteroatoms. The Hall–Kier alpha value is -3.39. The molecule has 2 saturated heterocycles. The molecule has 0 saturated carbocycles. The lowest BCUT2D eigenvalue weighted by Crippen LogP contribution is -2.64. The summed E-state index contributed by atoms with van der Waals surface area (Å²) in [5.74, 6) is -1.55. The van der Waals surface area contributed by atoms with Crippen molar-refractivity contribution >= 4 is 18.0 Å². The quantitative estimate of drug-likeness (QED) is 0.631. The maximum atomic E-state index is 13.7. The minimum absolute atomic E-state index is 0.102. The normalized spacial score (nSPS) is 23.9. The van der Waals surface area contributed by atoms with Crippen molar-refractivity contribution in [2.75, 3.05) is 20.3 Å². The Morgan fingerprint density at radius 3 is 2.17 bits per heavy atom. The van der Waals surface area contributed by atoms with E-state index in [-0.39, 0.29) is 25.2 Å². The third-order valence-corrected chi connectivity index (χ3v) is 7.85. The van der Waals surface area contributed by atoms with Crippen molar-refractivity contribution in [1.29, 1.82) is 0 Å². The predicted octanol–water partition coefficient (Wildman–Crippen LogP) is 3.54. The van der Waals surface area contributed by atoms with Crippen LogP contribution in [0.5, 0.6) is 0 Å². The maximum Gasteiger partial charge on any atom is 0.408 e. The Morgan fingerprint density at radius 1 is 1.06 bits per heavy atom. The van der Waals surface area contributed by atoms with E-state index in [9.17, 15) is 19.5 Å². The van der Waals surface area contributed by atoms with E-state index in [1.165, 1.54) is 12.0 Å². The molecule has 1 atom stereocenters. The second-order valence-corrected chi connectivity index (χ2v) is 9.96. The standard InChI is InChI=1S/C27H30N2O6/c1-26(16-34-2,23(30)29-17-11-13-27(29,14-12-17)24(31)32)28-25(33)35-15-22-20-9-5-3-7-18(20)19-8-4-6-10-21(19)22/h3-10,17,22H,11-16H2,1-2H3,(H,28,33)(H,31,32). The van der Waals surface area contributed by atoms with Crippen LogP contribution in [0.25, 0.3) is 11.1 Å². The number of carbonyl (C=O) groups is 3. The molecule has 1 aliphatic carbocycles. The SMILES string of the molecule is COCC(C)(NC(=O)OCC1c2ccccc2-c2ccccc21)C(=O)N1C2CCC1(C(=O)O)CC2. The Kier molecular flexibility index (Phi) is 5.79. The van der Waals surface area contributed by atoms with Crippen LogP contribution < -0.4 is 5.32 Å². The van der Waals surface area contributed by atoms with Crippen LogP contribution in [0.4, 0.5) is 4.79 Å². The first-order valence-corrected chi connectivity index (χ1v) is 12.0. The minimum Gasteiger partial charge on any atom is -0.479 e. The van der Waals surface area contributed by atoms with Crippen LogP contribution in [-0.2, 0) is 19.1 Å². The van der Waals surface area contributed by atoms with Crippen LogP contribution in [0.2, 0.25) is 0 Å². The molecule has 2 bridgehead atoms. The number of carbonyl (C=O) groups excluding carboxylic acids is 2. The van der Waals surface area contributed by atoms with Crippen molar-refractivity contribution in [2.24, 2.45) is 0 Å². The van der Waals surface area contributed by atoms with E-state index in [1.807, 2.05) is 36.4 Å². The van der Waals surface area contributed by atoms with E-state index in [2.05, 4.69) is 17.4 Å². The fourth-order valence-electron chi connectivity index (χ4n) is 6.17. The smallest absolute Gasteiger partial charge is 0.408 e. The van der Waals surface area contributed by atoms with Gasteiger partial charge in [-0.25, -0.2) is 9.59 Å². The molecule has 0 radical (unpaired) electrons. The van der Waals surface area contributed by atoms with Crippen molar-refractivity contribution in [3.05, 3.63) is 59.7 Å². The largest absolute Gasteiger partial charge is 0.479 e. The number of hydrogen-bond acceptors (Lipinski definition) is 5.